The second-order valence-corrected chi connectivity index (χ2v) is 4.89. The number of halogens is 2. The van der Waals surface area contributed by atoms with Crippen LogP contribution in [0.2, 0.25) is 0 Å². The molecule has 0 aliphatic carbocycles. The van der Waals surface area contributed by atoms with E-state index in [0.29, 0.717) is 6.42 Å². The maximum absolute atomic E-state index is 14.3. The van der Waals surface area contributed by atoms with Crippen LogP contribution in [0.1, 0.15) is 37.6 Å². The first-order valence-corrected chi connectivity index (χ1v) is 6.67. The Hall–Kier alpha value is -2.24. The van der Waals surface area contributed by atoms with E-state index in [1.165, 1.54) is 24.3 Å². The van der Waals surface area contributed by atoms with E-state index in [-0.39, 0.29) is 11.6 Å². The van der Waals surface area contributed by atoms with Crippen molar-refractivity contribution in [3.8, 4) is 0 Å². The van der Waals surface area contributed by atoms with Gasteiger partial charge < -0.3 is 4.98 Å². The minimum absolute atomic E-state index is 0.277. The number of hydrogen-bond acceptors (Lipinski definition) is 2. The molecule has 0 saturated carbocycles. The minimum Gasteiger partial charge on any atom is -0.305 e. The van der Waals surface area contributed by atoms with Gasteiger partial charge in [0.25, 0.3) is 5.56 Å². The maximum atomic E-state index is 14.3. The molecule has 1 heterocycles. The molecule has 1 atom stereocenters. The highest BCUT2D eigenvalue weighted by Crippen LogP contribution is 2.33. The Kier molecular flexibility index (Phi) is 4.06. The van der Waals surface area contributed by atoms with Crippen molar-refractivity contribution in [1.82, 2.24) is 9.55 Å². The zero-order valence-corrected chi connectivity index (χ0v) is 11.8. The Morgan fingerprint density at radius 3 is 2.38 bits per heavy atom. The van der Waals surface area contributed by atoms with Crippen molar-refractivity contribution < 1.29 is 8.78 Å². The van der Waals surface area contributed by atoms with Crippen LogP contribution in [0.15, 0.2) is 46.0 Å². The fraction of sp³-hybridized carbons (Fsp3) is 0.333. The lowest BCUT2D eigenvalue weighted by Gasteiger charge is -2.18. The fourth-order valence-electron chi connectivity index (χ4n) is 2.08. The van der Waals surface area contributed by atoms with Crippen molar-refractivity contribution in [2.24, 2.45) is 0 Å². The average Bonchev–Trinajstić information content (AvgIpc) is 2.47. The highest BCUT2D eigenvalue weighted by molar-refractivity contribution is 5.28. The smallest absolute Gasteiger partial charge is 0.305 e. The van der Waals surface area contributed by atoms with Crippen LogP contribution in [0.5, 0.6) is 0 Å². The third-order valence-corrected chi connectivity index (χ3v) is 3.47. The van der Waals surface area contributed by atoms with Crippen LogP contribution < -0.4 is 11.2 Å². The number of rotatable bonds is 4. The number of aromatic amines is 1. The molecule has 0 unspecified atom stereocenters. The van der Waals surface area contributed by atoms with Gasteiger partial charge in [-0.15, -0.1) is 0 Å². The monoisotopic (exact) mass is 294 g/mol. The van der Waals surface area contributed by atoms with Crippen LogP contribution in [0.3, 0.4) is 0 Å². The van der Waals surface area contributed by atoms with Gasteiger partial charge in [0.15, 0.2) is 0 Å². The van der Waals surface area contributed by atoms with Crippen molar-refractivity contribution in [2.45, 2.75) is 32.2 Å². The van der Waals surface area contributed by atoms with Crippen molar-refractivity contribution in [2.75, 3.05) is 0 Å². The zero-order valence-electron chi connectivity index (χ0n) is 11.8. The summed E-state index contributed by atoms with van der Waals surface area (Å²) in [5.41, 5.74) is -2.51. The molecule has 0 saturated heterocycles. The Morgan fingerprint density at radius 1 is 1.24 bits per heavy atom. The van der Waals surface area contributed by atoms with Crippen LogP contribution in [-0.2, 0) is 5.92 Å². The number of nitrogens with zero attached hydrogens (tertiary/aromatic N) is 1. The van der Waals surface area contributed by atoms with E-state index in [2.05, 4.69) is 4.98 Å². The lowest BCUT2D eigenvalue weighted by molar-refractivity contribution is 0.0371. The number of alkyl halides is 2. The van der Waals surface area contributed by atoms with Crippen LogP contribution >= 0.6 is 0 Å². The van der Waals surface area contributed by atoms with E-state index in [4.69, 9.17) is 0 Å². The van der Waals surface area contributed by atoms with Gasteiger partial charge >= 0.3 is 11.6 Å². The lowest BCUT2D eigenvalue weighted by Crippen LogP contribution is -2.39. The topological polar surface area (TPSA) is 54.9 Å². The van der Waals surface area contributed by atoms with Crippen molar-refractivity contribution in [3.05, 3.63) is 68.5 Å². The SMILES string of the molecule is CC[C@H](C)n1c(=O)cc(C(F)(F)c2ccccc2)[nH]c1=O. The number of H-pyrrole nitrogens is 1. The second-order valence-electron chi connectivity index (χ2n) is 4.89. The van der Waals surface area contributed by atoms with Gasteiger partial charge in [-0.05, 0) is 13.3 Å². The van der Waals surface area contributed by atoms with Crippen molar-refractivity contribution in [3.63, 3.8) is 0 Å². The standard InChI is InChI=1S/C15H16F2N2O2/c1-3-10(2)19-13(20)9-12(18-14(19)21)15(16,17)11-7-5-4-6-8-11/h4-10H,3H2,1-2H3,(H,18,21)/t10-/m0/s1. The first kappa shape index (κ1) is 15.2. The van der Waals surface area contributed by atoms with Gasteiger partial charge in [0.05, 0.1) is 5.69 Å². The first-order valence-electron chi connectivity index (χ1n) is 6.67. The van der Waals surface area contributed by atoms with E-state index in [1.807, 2.05) is 6.92 Å². The first-order chi connectivity index (χ1) is 9.87. The molecule has 0 spiro atoms. The van der Waals surface area contributed by atoms with Crippen LogP contribution in [-0.4, -0.2) is 9.55 Å². The van der Waals surface area contributed by atoms with Crippen LogP contribution in [0, 0.1) is 0 Å². The van der Waals surface area contributed by atoms with Crippen LogP contribution in [0.4, 0.5) is 8.78 Å². The summed E-state index contributed by atoms with van der Waals surface area (Å²) in [6.07, 6.45) is 0.553. The Labute approximate surface area is 120 Å². The van der Waals surface area contributed by atoms with Gasteiger partial charge in [0.1, 0.15) is 0 Å². The number of aromatic nitrogens is 2. The molecule has 6 heteroatoms. The molecule has 21 heavy (non-hydrogen) atoms. The molecule has 0 aliphatic rings. The summed E-state index contributed by atoms with van der Waals surface area (Å²) in [5, 5.41) is 0. The van der Waals surface area contributed by atoms with Gasteiger partial charge in [0, 0.05) is 17.7 Å². The molecule has 0 bridgehead atoms. The summed E-state index contributed by atoms with van der Waals surface area (Å²) in [4.78, 5) is 26.0. The number of benzene rings is 1. The summed E-state index contributed by atoms with van der Waals surface area (Å²) in [7, 11) is 0. The quantitative estimate of drug-likeness (QED) is 0.942. The Bertz CT molecular complexity index is 704. The largest absolute Gasteiger partial charge is 0.328 e. The number of nitrogens with one attached hydrogen (secondary N) is 1. The van der Waals surface area contributed by atoms with Crippen molar-refractivity contribution >= 4 is 0 Å². The maximum Gasteiger partial charge on any atom is 0.328 e. The normalized spacial score (nSPS) is 13.1. The molecule has 1 aromatic carbocycles. The predicted molar refractivity (Wildman–Crippen MR) is 75.8 cm³/mol. The third kappa shape index (κ3) is 2.79. The Balaban J connectivity index is 2.57. The summed E-state index contributed by atoms with van der Waals surface area (Å²) in [6.45, 7) is 3.49. The van der Waals surface area contributed by atoms with E-state index in [1.54, 1.807) is 13.0 Å². The molecule has 0 aliphatic heterocycles. The summed E-state index contributed by atoms with van der Waals surface area (Å²) in [5.74, 6) is -3.42. The highest BCUT2D eigenvalue weighted by atomic mass is 19.3. The van der Waals surface area contributed by atoms with Gasteiger partial charge in [-0.2, -0.15) is 8.78 Å². The second kappa shape index (κ2) is 5.63. The van der Waals surface area contributed by atoms with Crippen molar-refractivity contribution in [1.29, 1.82) is 0 Å². The lowest BCUT2D eigenvalue weighted by atomic mass is 10.1. The predicted octanol–water partition coefficient (Wildman–Crippen LogP) is 2.65. The minimum atomic E-state index is -3.42. The summed E-state index contributed by atoms with van der Waals surface area (Å²) in [6, 6.07) is 7.50. The molecule has 1 aromatic heterocycles. The van der Waals surface area contributed by atoms with Gasteiger partial charge in [-0.3, -0.25) is 9.36 Å². The van der Waals surface area contributed by atoms with E-state index in [0.717, 1.165) is 10.6 Å². The van der Waals surface area contributed by atoms with E-state index in [9.17, 15) is 18.4 Å². The molecule has 112 valence electrons. The summed E-state index contributed by atoms with van der Waals surface area (Å²) >= 11 is 0. The van der Waals surface area contributed by atoms with E-state index >= 15 is 0 Å². The molecule has 0 radical (unpaired) electrons. The molecular formula is C15H16F2N2O2. The molecule has 2 aromatic rings. The molecule has 2 rings (SSSR count). The molecular weight excluding hydrogens is 278 g/mol. The van der Waals surface area contributed by atoms with Gasteiger partial charge in [-0.25, -0.2) is 4.79 Å². The zero-order chi connectivity index (χ0) is 15.6. The molecule has 4 nitrogen and oxygen atoms in total. The number of hydrogen-bond donors (Lipinski definition) is 1. The van der Waals surface area contributed by atoms with Gasteiger partial charge in [0.2, 0.25) is 0 Å². The average molecular weight is 294 g/mol. The fourth-order valence-corrected chi connectivity index (χ4v) is 2.08. The highest BCUT2D eigenvalue weighted by Gasteiger charge is 2.36. The summed E-state index contributed by atoms with van der Waals surface area (Å²) < 4.78 is 29.6. The molecule has 0 amide bonds. The van der Waals surface area contributed by atoms with Crippen LogP contribution in [0.25, 0.3) is 0 Å². The Morgan fingerprint density at radius 2 is 1.86 bits per heavy atom. The van der Waals surface area contributed by atoms with Gasteiger partial charge in [-0.1, -0.05) is 37.3 Å². The molecule has 1 N–H and O–H groups in total. The van der Waals surface area contributed by atoms with E-state index < -0.39 is 22.9 Å². The molecule has 0 fully saturated rings. The third-order valence-electron chi connectivity index (χ3n) is 3.47.